The minimum Gasteiger partial charge on any atom is -0.278 e. The average molecular weight is 241 g/mol. The van der Waals surface area contributed by atoms with Gasteiger partial charge in [-0.25, -0.2) is 0 Å². The molecule has 0 bridgehead atoms. The SMILES string of the molecule is CC.Cc1cc2[nH]ncc2cc1Br. The molecule has 0 fully saturated rings. The maximum atomic E-state index is 3.94. The minimum atomic E-state index is 1.09. The summed E-state index contributed by atoms with van der Waals surface area (Å²) in [6.45, 7) is 6.06. The van der Waals surface area contributed by atoms with Crippen LogP contribution in [0.4, 0.5) is 0 Å². The van der Waals surface area contributed by atoms with Crippen LogP contribution in [-0.4, -0.2) is 10.2 Å². The third-order valence-corrected chi connectivity index (χ3v) is 2.57. The van der Waals surface area contributed by atoms with Gasteiger partial charge in [0.25, 0.3) is 0 Å². The van der Waals surface area contributed by atoms with Gasteiger partial charge in [-0.15, -0.1) is 0 Å². The Kier molecular flexibility index (Phi) is 3.48. The second-order valence-corrected chi connectivity index (χ2v) is 3.41. The van der Waals surface area contributed by atoms with Crippen LogP contribution < -0.4 is 0 Å². The topological polar surface area (TPSA) is 28.7 Å². The molecule has 0 aliphatic rings. The van der Waals surface area contributed by atoms with Crippen molar-refractivity contribution in [2.75, 3.05) is 0 Å². The van der Waals surface area contributed by atoms with Gasteiger partial charge in [0.15, 0.2) is 0 Å². The molecular weight excluding hydrogens is 228 g/mol. The molecule has 2 rings (SSSR count). The van der Waals surface area contributed by atoms with Crippen molar-refractivity contribution in [2.45, 2.75) is 20.8 Å². The summed E-state index contributed by atoms with van der Waals surface area (Å²) in [6, 6.07) is 4.14. The summed E-state index contributed by atoms with van der Waals surface area (Å²) in [5.74, 6) is 0. The smallest absolute Gasteiger partial charge is 0.0653 e. The summed E-state index contributed by atoms with van der Waals surface area (Å²) < 4.78 is 1.13. The minimum absolute atomic E-state index is 1.09. The van der Waals surface area contributed by atoms with Gasteiger partial charge in [0.1, 0.15) is 0 Å². The third-order valence-electron chi connectivity index (χ3n) is 1.72. The van der Waals surface area contributed by atoms with E-state index in [1.54, 1.807) is 0 Å². The first-order chi connectivity index (χ1) is 6.27. The fourth-order valence-corrected chi connectivity index (χ4v) is 1.43. The van der Waals surface area contributed by atoms with Crippen molar-refractivity contribution in [3.05, 3.63) is 28.4 Å². The molecule has 0 saturated heterocycles. The summed E-state index contributed by atoms with van der Waals surface area (Å²) in [5, 5.41) is 8.00. The third kappa shape index (κ3) is 2.10. The lowest BCUT2D eigenvalue weighted by Gasteiger charge is -1.95. The van der Waals surface area contributed by atoms with E-state index in [1.165, 1.54) is 5.56 Å². The van der Waals surface area contributed by atoms with E-state index in [4.69, 9.17) is 0 Å². The molecular formula is C10H13BrN2. The van der Waals surface area contributed by atoms with Crippen LogP contribution in [0, 0.1) is 6.92 Å². The van der Waals surface area contributed by atoms with Crippen LogP contribution in [0.25, 0.3) is 10.9 Å². The number of fused-ring (bicyclic) bond motifs is 1. The number of nitrogens with one attached hydrogen (secondary N) is 1. The number of H-pyrrole nitrogens is 1. The summed E-state index contributed by atoms with van der Waals surface area (Å²) in [6.07, 6.45) is 1.82. The van der Waals surface area contributed by atoms with E-state index in [2.05, 4.69) is 45.2 Å². The largest absolute Gasteiger partial charge is 0.278 e. The van der Waals surface area contributed by atoms with E-state index in [0.717, 1.165) is 15.4 Å². The number of benzene rings is 1. The van der Waals surface area contributed by atoms with Gasteiger partial charge >= 0.3 is 0 Å². The molecule has 0 aliphatic heterocycles. The van der Waals surface area contributed by atoms with Crippen molar-refractivity contribution >= 4 is 26.8 Å². The highest BCUT2D eigenvalue weighted by Gasteiger charge is 1.98. The highest BCUT2D eigenvalue weighted by Crippen LogP contribution is 2.21. The lowest BCUT2D eigenvalue weighted by atomic mass is 10.2. The molecule has 1 heterocycles. The highest BCUT2D eigenvalue weighted by molar-refractivity contribution is 9.10. The van der Waals surface area contributed by atoms with Gasteiger partial charge in [-0.3, -0.25) is 5.10 Å². The first-order valence-corrected chi connectivity index (χ1v) is 5.16. The van der Waals surface area contributed by atoms with E-state index in [-0.39, 0.29) is 0 Å². The normalized spacial score (nSPS) is 9.54. The van der Waals surface area contributed by atoms with Crippen LogP contribution in [0.1, 0.15) is 19.4 Å². The molecule has 70 valence electrons. The number of aromatic nitrogens is 2. The number of rotatable bonds is 0. The second kappa shape index (κ2) is 4.42. The van der Waals surface area contributed by atoms with Crippen molar-refractivity contribution < 1.29 is 0 Å². The Morgan fingerprint density at radius 1 is 1.31 bits per heavy atom. The Bertz CT molecular complexity index is 357. The van der Waals surface area contributed by atoms with Gasteiger partial charge < -0.3 is 0 Å². The zero-order valence-electron chi connectivity index (χ0n) is 8.06. The molecule has 0 saturated carbocycles. The van der Waals surface area contributed by atoms with Gasteiger partial charge in [0.2, 0.25) is 0 Å². The number of nitrogens with zero attached hydrogens (tertiary/aromatic N) is 1. The molecule has 0 aliphatic carbocycles. The van der Waals surface area contributed by atoms with Crippen LogP contribution >= 0.6 is 15.9 Å². The fourth-order valence-electron chi connectivity index (χ4n) is 1.07. The van der Waals surface area contributed by atoms with Crippen molar-refractivity contribution in [3.8, 4) is 0 Å². The molecule has 0 atom stereocenters. The maximum Gasteiger partial charge on any atom is 0.0653 e. The van der Waals surface area contributed by atoms with E-state index in [9.17, 15) is 0 Å². The summed E-state index contributed by atoms with van der Waals surface area (Å²) >= 11 is 3.46. The Hall–Kier alpha value is -0.830. The highest BCUT2D eigenvalue weighted by atomic mass is 79.9. The number of halogens is 1. The molecule has 1 aromatic heterocycles. The van der Waals surface area contributed by atoms with Crippen molar-refractivity contribution in [1.29, 1.82) is 0 Å². The molecule has 0 radical (unpaired) electrons. The lowest BCUT2D eigenvalue weighted by Crippen LogP contribution is -1.75. The molecule has 3 heteroatoms. The summed E-state index contributed by atoms with van der Waals surface area (Å²) in [4.78, 5) is 0. The van der Waals surface area contributed by atoms with Gasteiger partial charge in [-0.05, 0) is 24.6 Å². The molecule has 0 amide bonds. The van der Waals surface area contributed by atoms with Gasteiger partial charge in [0.05, 0.1) is 11.7 Å². The van der Waals surface area contributed by atoms with E-state index in [1.807, 2.05) is 20.0 Å². The van der Waals surface area contributed by atoms with Crippen LogP contribution in [0.5, 0.6) is 0 Å². The quantitative estimate of drug-likeness (QED) is 0.749. The van der Waals surface area contributed by atoms with Gasteiger partial charge in [-0.2, -0.15) is 5.10 Å². The predicted molar refractivity (Wildman–Crippen MR) is 59.9 cm³/mol. The Morgan fingerprint density at radius 3 is 2.69 bits per heavy atom. The zero-order valence-corrected chi connectivity index (χ0v) is 9.64. The van der Waals surface area contributed by atoms with E-state index in [0.29, 0.717) is 0 Å². The van der Waals surface area contributed by atoms with E-state index < -0.39 is 0 Å². The maximum absolute atomic E-state index is 3.94. The molecule has 0 spiro atoms. The monoisotopic (exact) mass is 240 g/mol. The molecule has 13 heavy (non-hydrogen) atoms. The first kappa shape index (κ1) is 10.3. The van der Waals surface area contributed by atoms with Crippen molar-refractivity contribution in [1.82, 2.24) is 10.2 Å². The number of hydrogen-bond acceptors (Lipinski definition) is 1. The van der Waals surface area contributed by atoms with E-state index >= 15 is 0 Å². The van der Waals surface area contributed by atoms with Crippen molar-refractivity contribution in [2.24, 2.45) is 0 Å². The van der Waals surface area contributed by atoms with Crippen LogP contribution in [0.3, 0.4) is 0 Å². The summed E-state index contributed by atoms with van der Waals surface area (Å²) in [5.41, 5.74) is 2.31. The number of hydrogen-bond donors (Lipinski definition) is 1. The summed E-state index contributed by atoms with van der Waals surface area (Å²) in [7, 11) is 0. The molecule has 2 aromatic rings. The standard InChI is InChI=1S/C8H7BrN2.C2H6/c1-5-2-8-6(3-7(5)9)4-10-11-8;1-2/h2-4H,1H3,(H,10,11);1-2H3. The molecule has 0 unspecified atom stereocenters. The molecule has 1 aromatic carbocycles. The second-order valence-electron chi connectivity index (χ2n) is 2.56. The van der Waals surface area contributed by atoms with Gasteiger partial charge in [0, 0.05) is 9.86 Å². The average Bonchev–Trinajstić information content (AvgIpc) is 2.56. The molecule has 1 N–H and O–H groups in total. The van der Waals surface area contributed by atoms with Crippen molar-refractivity contribution in [3.63, 3.8) is 0 Å². The Balaban J connectivity index is 0.000000396. The zero-order chi connectivity index (χ0) is 9.84. The first-order valence-electron chi connectivity index (χ1n) is 4.36. The lowest BCUT2D eigenvalue weighted by molar-refractivity contribution is 1.12. The van der Waals surface area contributed by atoms with Crippen LogP contribution in [-0.2, 0) is 0 Å². The van der Waals surface area contributed by atoms with Crippen LogP contribution in [0.2, 0.25) is 0 Å². The predicted octanol–water partition coefficient (Wildman–Crippen LogP) is 3.66. The number of aromatic amines is 1. The Morgan fingerprint density at radius 2 is 2.00 bits per heavy atom. The fraction of sp³-hybridized carbons (Fsp3) is 0.300. The molecule has 2 nitrogen and oxygen atoms in total. The van der Waals surface area contributed by atoms with Crippen LogP contribution in [0.15, 0.2) is 22.8 Å². The Labute approximate surface area is 86.5 Å². The van der Waals surface area contributed by atoms with Gasteiger partial charge in [-0.1, -0.05) is 29.8 Å². The number of aryl methyl sites for hydroxylation is 1.